The second kappa shape index (κ2) is 10.6. The molecule has 16 heteroatoms. The molecular weight excluding hydrogens is 551 g/mol. The summed E-state index contributed by atoms with van der Waals surface area (Å²) in [7, 11) is 0. The molecule has 6 rings (SSSR count). The molecule has 4 aliphatic rings. The number of carbonyl (C=O) groups excluding carboxylic acids is 4. The molecule has 41 heavy (non-hydrogen) atoms. The van der Waals surface area contributed by atoms with Gasteiger partial charge in [0.25, 0.3) is 11.8 Å². The van der Waals surface area contributed by atoms with Gasteiger partial charge in [0.15, 0.2) is 5.69 Å². The van der Waals surface area contributed by atoms with E-state index < -0.39 is 24.1 Å². The fourth-order valence-corrected chi connectivity index (χ4v) is 5.66. The zero-order valence-corrected chi connectivity index (χ0v) is 21.6. The highest BCUT2D eigenvalue weighted by Crippen LogP contribution is 2.32. The van der Waals surface area contributed by atoms with Crippen molar-refractivity contribution in [2.75, 3.05) is 19.6 Å². The predicted octanol–water partition coefficient (Wildman–Crippen LogP) is 0.630. The molecule has 3 N–H and O–H groups in total. The number of nitrogens with zero attached hydrogens (tertiary/aromatic N) is 5. The van der Waals surface area contributed by atoms with Crippen molar-refractivity contribution in [3.8, 4) is 5.69 Å². The first-order chi connectivity index (χ1) is 19.3. The SMILES string of the molecule is O=C(O)C(F)(F)F.O=C1CCC(N2Cc3cc(-n4cc(C(=O)NC56CCCN(CC5)C6)nn4)ccc3C2=O)C(=O)N1. The summed E-state index contributed by atoms with van der Waals surface area (Å²) in [4.78, 5) is 62.2. The van der Waals surface area contributed by atoms with Gasteiger partial charge >= 0.3 is 12.1 Å². The van der Waals surface area contributed by atoms with E-state index >= 15 is 0 Å². The van der Waals surface area contributed by atoms with Crippen LogP contribution in [0, 0.1) is 0 Å². The topological polar surface area (TPSA) is 167 Å². The van der Waals surface area contributed by atoms with Gasteiger partial charge in [-0.15, -0.1) is 5.10 Å². The number of alkyl halides is 3. The Balaban J connectivity index is 0.000000431. The van der Waals surface area contributed by atoms with Crippen molar-refractivity contribution < 1.29 is 42.3 Å². The third-order valence-electron chi connectivity index (χ3n) is 7.68. The summed E-state index contributed by atoms with van der Waals surface area (Å²) in [5, 5.41) is 20.8. The van der Waals surface area contributed by atoms with Gasteiger partial charge in [0, 0.05) is 31.6 Å². The average Bonchev–Trinajstić information content (AvgIpc) is 3.60. The van der Waals surface area contributed by atoms with Crippen molar-refractivity contribution in [2.24, 2.45) is 0 Å². The van der Waals surface area contributed by atoms with Crippen molar-refractivity contribution in [1.29, 1.82) is 0 Å². The lowest BCUT2D eigenvalue weighted by Crippen LogP contribution is -2.52. The zero-order chi connectivity index (χ0) is 29.5. The maximum Gasteiger partial charge on any atom is 0.490 e. The Morgan fingerprint density at radius 3 is 2.61 bits per heavy atom. The standard InChI is InChI=1S/C23H25N7O4.C2HF3O2/c31-19-5-4-18(21(33)24-19)29-11-14-10-15(2-3-16(14)22(29)34)30-12-17(26-27-30)20(32)25-23-6-1-8-28(13-23)9-7-23;3-2(4,5)1(6)7/h2-3,10,12,18H,1,4-9,11,13H2,(H,25,32)(H,24,31,33);(H,6,7). The Morgan fingerprint density at radius 1 is 1.15 bits per heavy atom. The number of aliphatic carboxylic acids is 1. The van der Waals surface area contributed by atoms with E-state index in [0.29, 0.717) is 17.7 Å². The molecule has 3 saturated heterocycles. The molecule has 1 aromatic carbocycles. The van der Waals surface area contributed by atoms with Crippen LogP contribution in [0.1, 0.15) is 58.5 Å². The minimum atomic E-state index is -5.08. The number of aromatic nitrogens is 3. The van der Waals surface area contributed by atoms with E-state index in [1.165, 1.54) is 9.58 Å². The molecule has 3 unspecified atom stereocenters. The van der Waals surface area contributed by atoms with Crippen LogP contribution in [0.5, 0.6) is 0 Å². The van der Waals surface area contributed by atoms with Crippen LogP contribution in [-0.4, -0.2) is 96.9 Å². The third kappa shape index (κ3) is 5.77. The molecule has 218 valence electrons. The maximum absolute atomic E-state index is 12.9. The number of piperidine rings is 2. The first kappa shape index (κ1) is 28.2. The number of hydrogen-bond donors (Lipinski definition) is 3. The van der Waals surface area contributed by atoms with Crippen LogP contribution in [-0.2, 0) is 20.9 Å². The number of carbonyl (C=O) groups is 5. The number of benzene rings is 1. The first-order valence-electron chi connectivity index (χ1n) is 12.9. The second-order valence-electron chi connectivity index (χ2n) is 10.5. The smallest absolute Gasteiger partial charge is 0.475 e. The van der Waals surface area contributed by atoms with Gasteiger partial charge in [0.05, 0.1) is 17.4 Å². The summed E-state index contributed by atoms with van der Waals surface area (Å²) in [5.41, 5.74) is 2.03. The number of hydrogen-bond acceptors (Lipinski definition) is 8. The third-order valence-corrected chi connectivity index (χ3v) is 7.68. The number of halogens is 3. The van der Waals surface area contributed by atoms with Crippen LogP contribution in [0.2, 0.25) is 0 Å². The number of fused-ring (bicyclic) bond motifs is 3. The van der Waals surface area contributed by atoms with Gasteiger partial charge < -0.3 is 20.2 Å². The lowest BCUT2D eigenvalue weighted by Gasteiger charge is -2.34. The van der Waals surface area contributed by atoms with Crippen molar-refractivity contribution in [3.63, 3.8) is 0 Å². The summed E-state index contributed by atoms with van der Waals surface area (Å²) < 4.78 is 33.3. The molecular formula is C25H26F3N7O6. The molecule has 0 radical (unpaired) electrons. The van der Waals surface area contributed by atoms with Crippen molar-refractivity contribution in [2.45, 2.75) is 56.4 Å². The van der Waals surface area contributed by atoms with Gasteiger partial charge in [-0.2, -0.15) is 13.2 Å². The molecule has 3 atom stereocenters. The minimum Gasteiger partial charge on any atom is -0.475 e. The molecule has 4 amide bonds. The number of rotatable bonds is 4. The summed E-state index contributed by atoms with van der Waals surface area (Å²) in [6.07, 6.45) is 0.0545. The van der Waals surface area contributed by atoms with Crippen LogP contribution < -0.4 is 10.6 Å². The van der Waals surface area contributed by atoms with Crippen molar-refractivity contribution in [1.82, 2.24) is 35.4 Å². The van der Waals surface area contributed by atoms with Crippen LogP contribution in [0.4, 0.5) is 13.2 Å². The molecule has 0 aliphatic carbocycles. The fraction of sp³-hybridized carbons (Fsp3) is 0.480. The van der Waals surface area contributed by atoms with E-state index in [1.54, 1.807) is 18.3 Å². The fourth-order valence-electron chi connectivity index (χ4n) is 5.66. The van der Waals surface area contributed by atoms with Gasteiger partial charge in [-0.3, -0.25) is 24.5 Å². The molecule has 1 aromatic heterocycles. The monoisotopic (exact) mass is 577 g/mol. The van der Waals surface area contributed by atoms with E-state index in [4.69, 9.17) is 9.90 Å². The molecule has 3 fully saturated rings. The largest absolute Gasteiger partial charge is 0.490 e. The number of imide groups is 1. The van der Waals surface area contributed by atoms with Crippen molar-refractivity contribution >= 4 is 29.6 Å². The van der Waals surface area contributed by atoms with E-state index in [-0.39, 0.29) is 41.9 Å². The average molecular weight is 578 g/mol. The number of carboxylic acid groups (broad SMARTS) is 1. The quantitative estimate of drug-likeness (QED) is 0.442. The molecule has 0 spiro atoms. The second-order valence-corrected chi connectivity index (χ2v) is 10.5. The summed E-state index contributed by atoms with van der Waals surface area (Å²) in [5.74, 6) is -3.96. The molecule has 13 nitrogen and oxygen atoms in total. The Hall–Kier alpha value is -4.34. The van der Waals surface area contributed by atoms with Crippen LogP contribution >= 0.6 is 0 Å². The van der Waals surface area contributed by atoms with Crippen molar-refractivity contribution in [3.05, 3.63) is 41.2 Å². The van der Waals surface area contributed by atoms with Gasteiger partial charge in [-0.25, -0.2) is 9.48 Å². The van der Waals surface area contributed by atoms with Gasteiger partial charge in [-0.1, -0.05) is 5.21 Å². The Morgan fingerprint density at radius 2 is 1.90 bits per heavy atom. The Bertz CT molecular complexity index is 1420. The molecule has 5 heterocycles. The molecule has 0 saturated carbocycles. The highest BCUT2D eigenvalue weighted by Gasteiger charge is 2.43. The maximum atomic E-state index is 12.9. The Kier molecular flexibility index (Phi) is 7.27. The molecule has 2 aromatic rings. The minimum absolute atomic E-state index is 0.174. The first-order valence-corrected chi connectivity index (χ1v) is 12.9. The normalized spacial score (nSPS) is 25.2. The number of carboxylic acids is 1. The van der Waals surface area contributed by atoms with E-state index in [9.17, 15) is 32.3 Å². The lowest BCUT2D eigenvalue weighted by molar-refractivity contribution is -0.192. The summed E-state index contributed by atoms with van der Waals surface area (Å²) in [6, 6.07) is 4.61. The van der Waals surface area contributed by atoms with Crippen LogP contribution in [0.15, 0.2) is 24.4 Å². The van der Waals surface area contributed by atoms with Crippen LogP contribution in [0.25, 0.3) is 5.69 Å². The van der Waals surface area contributed by atoms with Gasteiger partial charge in [-0.05, 0) is 56.0 Å². The van der Waals surface area contributed by atoms with Crippen LogP contribution in [0.3, 0.4) is 0 Å². The van der Waals surface area contributed by atoms with Gasteiger partial charge in [0.2, 0.25) is 11.8 Å². The summed E-state index contributed by atoms with van der Waals surface area (Å²) in [6.45, 7) is 3.26. The predicted molar refractivity (Wildman–Crippen MR) is 132 cm³/mol. The van der Waals surface area contributed by atoms with E-state index in [1.807, 2.05) is 6.07 Å². The van der Waals surface area contributed by atoms with E-state index in [0.717, 1.165) is 44.5 Å². The Labute approximate surface area is 230 Å². The highest BCUT2D eigenvalue weighted by molar-refractivity contribution is 6.05. The van der Waals surface area contributed by atoms with Gasteiger partial charge in [0.1, 0.15) is 6.04 Å². The molecule has 4 aliphatic heterocycles. The highest BCUT2D eigenvalue weighted by atomic mass is 19.4. The van der Waals surface area contributed by atoms with E-state index in [2.05, 4.69) is 25.8 Å². The summed E-state index contributed by atoms with van der Waals surface area (Å²) >= 11 is 0. The number of nitrogens with one attached hydrogen (secondary N) is 2. The number of amides is 4. The molecule has 2 bridgehead atoms. The lowest BCUT2D eigenvalue weighted by atomic mass is 9.90. The zero-order valence-electron chi connectivity index (χ0n) is 21.6.